The number of hydroxylamine groups is 1. The van der Waals surface area contributed by atoms with Crippen LogP contribution < -0.4 is 14.9 Å². The molecule has 2 aromatic rings. The average molecular weight is 450 g/mol. The maximum Gasteiger partial charge on any atom is 0.264 e. The number of ether oxygens (including phenoxy) is 1. The Hall–Kier alpha value is -1.79. The molecule has 2 N–H and O–H groups in total. The van der Waals surface area contributed by atoms with Gasteiger partial charge in [-0.3, -0.25) is 4.72 Å². The smallest absolute Gasteiger partial charge is 0.264 e. The van der Waals surface area contributed by atoms with Gasteiger partial charge in [-0.25, -0.2) is 23.4 Å². The molecule has 1 unspecified atom stereocenters. The van der Waals surface area contributed by atoms with Crippen LogP contribution in [0.3, 0.4) is 0 Å². The molecule has 3 rings (SSSR count). The second-order valence-electron chi connectivity index (χ2n) is 5.04. The topological polar surface area (TPSA) is 115 Å². The van der Waals surface area contributed by atoms with Gasteiger partial charge in [-0.1, -0.05) is 29.3 Å². The minimum Gasteiger partial charge on any atom is -0.478 e. The van der Waals surface area contributed by atoms with Crippen LogP contribution in [0.4, 0.5) is 5.82 Å². The third-order valence-corrected chi connectivity index (χ3v) is 6.52. The van der Waals surface area contributed by atoms with Crippen molar-refractivity contribution in [1.29, 1.82) is 0 Å². The summed E-state index contributed by atoms with van der Waals surface area (Å²) in [5, 5.41) is 0.564. The van der Waals surface area contributed by atoms with E-state index >= 15 is 0 Å². The Morgan fingerprint density at radius 1 is 1.41 bits per heavy atom. The molecule has 1 aliphatic heterocycles. The number of methoxy groups -OCH3 is 1. The van der Waals surface area contributed by atoms with E-state index in [9.17, 15) is 8.42 Å². The highest BCUT2D eigenvalue weighted by molar-refractivity contribution is 7.99. The first-order chi connectivity index (χ1) is 12.9. The van der Waals surface area contributed by atoms with E-state index in [0.29, 0.717) is 10.8 Å². The average Bonchev–Trinajstić information content (AvgIpc) is 3.16. The number of benzene rings is 1. The van der Waals surface area contributed by atoms with Crippen molar-refractivity contribution in [3.8, 4) is 5.88 Å². The Morgan fingerprint density at radius 3 is 2.93 bits per heavy atom. The van der Waals surface area contributed by atoms with Crippen molar-refractivity contribution in [2.75, 3.05) is 17.6 Å². The molecule has 13 heteroatoms. The first kappa shape index (κ1) is 20.0. The number of hydrogen-bond acceptors (Lipinski definition) is 9. The van der Waals surface area contributed by atoms with Gasteiger partial charge in [-0.05, 0) is 12.1 Å². The second kappa shape index (κ2) is 8.48. The predicted octanol–water partition coefficient (Wildman–Crippen LogP) is 2.57. The largest absolute Gasteiger partial charge is 0.478 e. The Labute approximate surface area is 169 Å². The van der Waals surface area contributed by atoms with Crippen LogP contribution >= 0.6 is 35.0 Å². The van der Waals surface area contributed by atoms with Crippen LogP contribution in [0.1, 0.15) is 0 Å². The molecule has 144 valence electrons. The number of halogens is 2. The van der Waals surface area contributed by atoms with Crippen molar-refractivity contribution >= 4 is 57.2 Å². The lowest BCUT2D eigenvalue weighted by atomic mass is 10.4. The van der Waals surface area contributed by atoms with E-state index in [1.54, 1.807) is 0 Å². The lowest BCUT2D eigenvalue weighted by molar-refractivity contribution is 0.196. The van der Waals surface area contributed by atoms with Crippen molar-refractivity contribution in [3.63, 3.8) is 0 Å². The molecule has 0 amide bonds. The summed E-state index contributed by atoms with van der Waals surface area (Å²) in [7, 11) is -2.68. The van der Waals surface area contributed by atoms with E-state index in [4.69, 9.17) is 32.8 Å². The Bertz CT molecular complexity index is 974. The second-order valence-corrected chi connectivity index (χ2v) is 8.52. The summed E-state index contributed by atoms with van der Waals surface area (Å²) in [6.07, 6.45) is 2.53. The normalized spacial score (nSPS) is 16.2. The summed E-state index contributed by atoms with van der Waals surface area (Å²) in [4.78, 5) is 17.0. The molecular weight excluding hydrogens is 437 g/mol. The lowest BCUT2D eigenvalue weighted by Gasteiger charge is -2.12. The molecule has 2 heterocycles. The number of hydrogen-bond donors (Lipinski definition) is 2. The molecule has 1 aromatic carbocycles. The molecule has 1 aliphatic rings. The number of nitrogens with one attached hydrogen (secondary N) is 2. The molecule has 0 saturated heterocycles. The van der Waals surface area contributed by atoms with Gasteiger partial charge < -0.3 is 9.57 Å². The summed E-state index contributed by atoms with van der Waals surface area (Å²) in [6.45, 7) is 0. The number of aromatic nitrogens is 2. The molecule has 0 aliphatic carbocycles. The van der Waals surface area contributed by atoms with Gasteiger partial charge in [0.15, 0.2) is 6.40 Å². The van der Waals surface area contributed by atoms with Crippen LogP contribution in [0.15, 0.2) is 39.3 Å². The predicted molar refractivity (Wildman–Crippen MR) is 103 cm³/mol. The zero-order chi connectivity index (χ0) is 19.4. The summed E-state index contributed by atoms with van der Waals surface area (Å²) in [6, 6.07) is 4.30. The minimum absolute atomic E-state index is 0.0147. The number of aliphatic imine (C=N–C) groups is 1. The fraction of sp³-hybridized carbons (Fsp3) is 0.214. The lowest BCUT2D eigenvalue weighted by Crippen LogP contribution is -2.23. The maximum absolute atomic E-state index is 12.6. The van der Waals surface area contributed by atoms with Gasteiger partial charge in [-0.2, -0.15) is 0 Å². The van der Waals surface area contributed by atoms with Crippen molar-refractivity contribution < 1.29 is 18.0 Å². The monoisotopic (exact) mass is 449 g/mol. The SMILES string of the molecule is COc1nc(SCC2N=CON2)cnc1NS(=O)(=O)c1cccc(Cl)c1Cl. The van der Waals surface area contributed by atoms with Gasteiger partial charge in [0.05, 0.1) is 23.4 Å². The molecule has 27 heavy (non-hydrogen) atoms. The quantitative estimate of drug-likeness (QED) is 0.619. The van der Waals surface area contributed by atoms with E-state index in [0.717, 1.165) is 0 Å². The van der Waals surface area contributed by atoms with Gasteiger partial charge in [0.2, 0.25) is 5.82 Å². The van der Waals surface area contributed by atoms with E-state index in [-0.39, 0.29) is 32.8 Å². The number of sulfonamides is 1. The molecule has 0 bridgehead atoms. The van der Waals surface area contributed by atoms with E-state index < -0.39 is 10.0 Å². The maximum atomic E-state index is 12.6. The van der Waals surface area contributed by atoms with Crippen LogP contribution in [0.25, 0.3) is 0 Å². The van der Waals surface area contributed by atoms with Gasteiger partial charge in [0.1, 0.15) is 16.1 Å². The molecule has 0 spiro atoms. The Morgan fingerprint density at radius 2 is 2.22 bits per heavy atom. The first-order valence-electron chi connectivity index (χ1n) is 7.34. The zero-order valence-electron chi connectivity index (χ0n) is 13.7. The van der Waals surface area contributed by atoms with Crippen LogP contribution in [-0.4, -0.2) is 43.8 Å². The number of rotatable bonds is 7. The van der Waals surface area contributed by atoms with E-state index in [1.165, 1.54) is 49.7 Å². The summed E-state index contributed by atoms with van der Waals surface area (Å²) in [5.74, 6) is 0.483. The van der Waals surface area contributed by atoms with E-state index in [2.05, 4.69) is 25.2 Å². The molecule has 0 fully saturated rings. The molecule has 0 saturated carbocycles. The molecule has 1 aromatic heterocycles. The number of anilines is 1. The highest BCUT2D eigenvalue weighted by Crippen LogP contribution is 2.31. The number of nitrogens with zero attached hydrogens (tertiary/aromatic N) is 3. The van der Waals surface area contributed by atoms with Gasteiger partial charge in [0.25, 0.3) is 15.9 Å². The summed E-state index contributed by atoms with van der Waals surface area (Å²) < 4.78 is 32.7. The van der Waals surface area contributed by atoms with Crippen molar-refractivity contribution in [2.45, 2.75) is 16.1 Å². The fourth-order valence-electron chi connectivity index (χ4n) is 2.00. The van der Waals surface area contributed by atoms with Crippen LogP contribution in [0.2, 0.25) is 10.0 Å². The first-order valence-corrected chi connectivity index (χ1v) is 10.6. The minimum atomic E-state index is -4.04. The van der Waals surface area contributed by atoms with Gasteiger partial charge in [-0.15, -0.1) is 17.2 Å². The summed E-state index contributed by atoms with van der Waals surface area (Å²) >= 11 is 13.2. The number of thioether (sulfide) groups is 1. The van der Waals surface area contributed by atoms with Crippen molar-refractivity contribution in [2.24, 2.45) is 4.99 Å². The highest BCUT2D eigenvalue weighted by atomic mass is 35.5. The zero-order valence-corrected chi connectivity index (χ0v) is 16.9. The highest BCUT2D eigenvalue weighted by Gasteiger charge is 2.23. The van der Waals surface area contributed by atoms with Gasteiger partial charge in [0, 0.05) is 5.75 Å². The molecule has 0 radical (unpaired) electrons. The summed E-state index contributed by atoms with van der Waals surface area (Å²) in [5.41, 5.74) is 2.69. The van der Waals surface area contributed by atoms with Crippen LogP contribution in [-0.2, 0) is 14.9 Å². The van der Waals surface area contributed by atoms with Gasteiger partial charge >= 0.3 is 0 Å². The van der Waals surface area contributed by atoms with Crippen molar-refractivity contribution in [1.82, 2.24) is 15.4 Å². The Balaban J connectivity index is 1.79. The third-order valence-electron chi connectivity index (χ3n) is 3.24. The molecular formula is C14H13Cl2N5O4S2. The van der Waals surface area contributed by atoms with Crippen LogP contribution in [0.5, 0.6) is 5.88 Å². The van der Waals surface area contributed by atoms with Crippen molar-refractivity contribution in [3.05, 3.63) is 34.4 Å². The third kappa shape index (κ3) is 4.74. The standard InChI is InChI=1S/C14H13Cl2N5O4S2/c1-24-14-13(17-5-11(19-14)26-6-10-18-7-25-20-10)21-27(22,23)9-4-2-3-8(15)12(9)16/h2-5,7,10,20H,6H2,1H3,(H,17,21). The van der Waals surface area contributed by atoms with E-state index in [1.807, 2.05) is 0 Å². The Kier molecular flexibility index (Phi) is 6.27. The van der Waals surface area contributed by atoms with Crippen LogP contribution in [0, 0.1) is 0 Å². The fourth-order valence-corrected chi connectivity index (χ4v) is 4.52. The molecule has 1 atom stereocenters. The molecule has 9 nitrogen and oxygen atoms in total.